The summed E-state index contributed by atoms with van der Waals surface area (Å²) in [5.74, 6) is -0.117. The molecule has 2 unspecified atom stereocenters. The van der Waals surface area contributed by atoms with E-state index in [1.807, 2.05) is 12.3 Å². The number of nitrogens with two attached hydrogens (primary N) is 1. The van der Waals surface area contributed by atoms with Crippen LogP contribution in [0.5, 0.6) is 0 Å². The van der Waals surface area contributed by atoms with Gasteiger partial charge in [-0.1, -0.05) is 0 Å². The molecule has 24 heavy (non-hydrogen) atoms. The van der Waals surface area contributed by atoms with Crippen LogP contribution in [0.4, 0.5) is 4.39 Å². The third-order valence-corrected chi connectivity index (χ3v) is 4.26. The van der Waals surface area contributed by atoms with E-state index in [0.717, 1.165) is 30.6 Å². The number of rotatable bonds is 5. The molecule has 1 aliphatic rings. The van der Waals surface area contributed by atoms with Crippen molar-refractivity contribution in [3.8, 4) is 5.69 Å². The number of carbonyl (C=O) groups is 1. The Kier molecular flexibility index (Phi) is 6.34. The van der Waals surface area contributed by atoms with Crippen LogP contribution in [0, 0.1) is 11.7 Å². The van der Waals surface area contributed by atoms with Gasteiger partial charge in [0.15, 0.2) is 0 Å². The summed E-state index contributed by atoms with van der Waals surface area (Å²) in [7, 11) is 0. The van der Waals surface area contributed by atoms with Crippen LogP contribution in [-0.4, -0.2) is 28.3 Å². The maximum absolute atomic E-state index is 12.9. The summed E-state index contributed by atoms with van der Waals surface area (Å²) in [6.07, 6.45) is 5.09. The molecule has 0 spiro atoms. The Morgan fingerprint density at radius 3 is 2.71 bits per heavy atom. The minimum absolute atomic E-state index is 0. The van der Waals surface area contributed by atoms with E-state index < -0.39 is 0 Å². The summed E-state index contributed by atoms with van der Waals surface area (Å²) in [4.78, 5) is 12.0. The molecule has 0 radical (unpaired) electrons. The molecule has 7 heteroatoms. The fourth-order valence-electron chi connectivity index (χ4n) is 2.95. The van der Waals surface area contributed by atoms with Gasteiger partial charge in [0, 0.05) is 31.1 Å². The quantitative estimate of drug-likeness (QED) is 0.866. The number of amides is 1. The van der Waals surface area contributed by atoms with Gasteiger partial charge in [0.25, 0.3) is 0 Å². The van der Waals surface area contributed by atoms with E-state index in [1.165, 1.54) is 12.1 Å². The average molecular weight is 353 g/mol. The van der Waals surface area contributed by atoms with Gasteiger partial charge in [-0.2, -0.15) is 5.10 Å². The van der Waals surface area contributed by atoms with Gasteiger partial charge in [0.2, 0.25) is 5.91 Å². The second kappa shape index (κ2) is 8.26. The lowest BCUT2D eigenvalue weighted by atomic mass is 10.1. The predicted octanol–water partition coefficient (Wildman–Crippen LogP) is 2.22. The monoisotopic (exact) mass is 352 g/mol. The van der Waals surface area contributed by atoms with Crippen LogP contribution in [0.25, 0.3) is 5.69 Å². The standard InChI is InChI=1S/C17H21FN4O.ClH/c18-13-2-5-16(6-3-13)22-10-8-15(21-22)7-9-20-17(23)12-1-4-14(19)11-12;/h2-3,5-6,8,10,12,14H,1,4,7,9,11,19H2,(H,20,23);1H. The van der Waals surface area contributed by atoms with Gasteiger partial charge in [0.05, 0.1) is 11.4 Å². The lowest BCUT2D eigenvalue weighted by Crippen LogP contribution is -2.32. The molecule has 1 aliphatic carbocycles. The van der Waals surface area contributed by atoms with Crippen molar-refractivity contribution in [3.63, 3.8) is 0 Å². The lowest BCUT2D eigenvalue weighted by Gasteiger charge is -2.10. The number of halogens is 2. The number of aromatic nitrogens is 2. The van der Waals surface area contributed by atoms with Gasteiger partial charge >= 0.3 is 0 Å². The fraction of sp³-hybridized carbons (Fsp3) is 0.412. The van der Waals surface area contributed by atoms with Crippen molar-refractivity contribution in [3.05, 3.63) is 48.0 Å². The molecular formula is C17H22ClFN4O. The highest BCUT2D eigenvalue weighted by atomic mass is 35.5. The Morgan fingerprint density at radius 2 is 2.04 bits per heavy atom. The van der Waals surface area contributed by atoms with E-state index in [4.69, 9.17) is 5.73 Å². The molecule has 1 saturated carbocycles. The summed E-state index contributed by atoms with van der Waals surface area (Å²) < 4.78 is 14.6. The molecule has 5 nitrogen and oxygen atoms in total. The van der Waals surface area contributed by atoms with Crippen molar-refractivity contribution in [2.24, 2.45) is 11.7 Å². The summed E-state index contributed by atoms with van der Waals surface area (Å²) in [6, 6.07) is 8.24. The highest BCUT2D eigenvalue weighted by molar-refractivity contribution is 5.85. The van der Waals surface area contributed by atoms with E-state index in [-0.39, 0.29) is 36.1 Å². The maximum Gasteiger partial charge on any atom is 0.223 e. The minimum atomic E-state index is -0.268. The van der Waals surface area contributed by atoms with Crippen LogP contribution in [0.15, 0.2) is 36.5 Å². The average Bonchev–Trinajstić information content (AvgIpc) is 3.17. The first-order chi connectivity index (χ1) is 11.1. The zero-order valence-electron chi connectivity index (χ0n) is 13.3. The fourth-order valence-corrected chi connectivity index (χ4v) is 2.95. The molecular weight excluding hydrogens is 331 g/mol. The molecule has 1 fully saturated rings. The van der Waals surface area contributed by atoms with Gasteiger partial charge in [-0.3, -0.25) is 4.79 Å². The molecule has 1 heterocycles. The Bertz CT molecular complexity index is 673. The predicted molar refractivity (Wildman–Crippen MR) is 92.8 cm³/mol. The number of carbonyl (C=O) groups excluding carboxylic acids is 1. The molecule has 1 aromatic carbocycles. The minimum Gasteiger partial charge on any atom is -0.355 e. The first-order valence-electron chi connectivity index (χ1n) is 7.95. The molecule has 2 aromatic rings. The number of nitrogens with one attached hydrogen (secondary N) is 1. The molecule has 3 N–H and O–H groups in total. The van der Waals surface area contributed by atoms with Crippen LogP contribution in [0.1, 0.15) is 25.0 Å². The highest BCUT2D eigenvalue weighted by Crippen LogP contribution is 2.23. The van der Waals surface area contributed by atoms with E-state index in [0.29, 0.717) is 13.0 Å². The summed E-state index contributed by atoms with van der Waals surface area (Å²) in [6.45, 7) is 0.561. The SMILES string of the molecule is Cl.NC1CCC(C(=O)NCCc2ccn(-c3ccc(F)cc3)n2)C1. The van der Waals surface area contributed by atoms with Crippen LogP contribution < -0.4 is 11.1 Å². The van der Waals surface area contributed by atoms with E-state index in [9.17, 15) is 9.18 Å². The molecule has 1 aromatic heterocycles. The normalized spacial score (nSPS) is 19.8. The van der Waals surface area contributed by atoms with Crippen molar-refractivity contribution in [1.82, 2.24) is 15.1 Å². The van der Waals surface area contributed by atoms with Gasteiger partial charge in [-0.05, 0) is 49.6 Å². The van der Waals surface area contributed by atoms with E-state index >= 15 is 0 Å². The van der Waals surface area contributed by atoms with Gasteiger partial charge in [-0.15, -0.1) is 12.4 Å². The highest BCUT2D eigenvalue weighted by Gasteiger charge is 2.27. The third kappa shape index (κ3) is 4.55. The Hall–Kier alpha value is -1.92. The Balaban J connectivity index is 0.00000208. The largest absolute Gasteiger partial charge is 0.355 e. The van der Waals surface area contributed by atoms with Crippen LogP contribution in [-0.2, 0) is 11.2 Å². The number of hydrogen-bond acceptors (Lipinski definition) is 3. The zero-order valence-corrected chi connectivity index (χ0v) is 14.1. The molecule has 0 bridgehead atoms. The van der Waals surface area contributed by atoms with Gasteiger partial charge in [0.1, 0.15) is 5.82 Å². The van der Waals surface area contributed by atoms with Crippen molar-refractivity contribution in [1.29, 1.82) is 0 Å². The zero-order chi connectivity index (χ0) is 16.2. The Labute approximate surface area is 146 Å². The van der Waals surface area contributed by atoms with E-state index in [2.05, 4.69) is 10.4 Å². The van der Waals surface area contributed by atoms with Crippen LogP contribution in [0.3, 0.4) is 0 Å². The molecule has 3 rings (SSSR count). The second-order valence-corrected chi connectivity index (χ2v) is 6.04. The molecule has 0 aliphatic heterocycles. The lowest BCUT2D eigenvalue weighted by molar-refractivity contribution is -0.124. The summed E-state index contributed by atoms with van der Waals surface area (Å²) in [5.41, 5.74) is 7.53. The van der Waals surface area contributed by atoms with Crippen LogP contribution >= 0.6 is 12.4 Å². The van der Waals surface area contributed by atoms with Crippen molar-refractivity contribution >= 4 is 18.3 Å². The van der Waals surface area contributed by atoms with Crippen LogP contribution in [0.2, 0.25) is 0 Å². The molecule has 0 saturated heterocycles. The maximum atomic E-state index is 12.9. The van der Waals surface area contributed by atoms with Crippen molar-refractivity contribution < 1.29 is 9.18 Å². The number of hydrogen-bond donors (Lipinski definition) is 2. The van der Waals surface area contributed by atoms with Crippen molar-refractivity contribution in [2.75, 3.05) is 6.54 Å². The second-order valence-electron chi connectivity index (χ2n) is 6.04. The molecule has 2 atom stereocenters. The molecule has 1 amide bonds. The topological polar surface area (TPSA) is 72.9 Å². The van der Waals surface area contributed by atoms with Gasteiger partial charge in [-0.25, -0.2) is 9.07 Å². The number of benzene rings is 1. The van der Waals surface area contributed by atoms with Crippen molar-refractivity contribution in [2.45, 2.75) is 31.7 Å². The first kappa shape index (κ1) is 18.4. The van der Waals surface area contributed by atoms with E-state index in [1.54, 1.807) is 16.8 Å². The smallest absolute Gasteiger partial charge is 0.223 e. The number of nitrogens with zero attached hydrogens (tertiary/aromatic N) is 2. The van der Waals surface area contributed by atoms with Gasteiger partial charge < -0.3 is 11.1 Å². The summed E-state index contributed by atoms with van der Waals surface area (Å²) in [5, 5.41) is 7.40. The summed E-state index contributed by atoms with van der Waals surface area (Å²) >= 11 is 0. The third-order valence-electron chi connectivity index (χ3n) is 4.26. The first-order valence-corrected chi connectivity index (χ1v) is 7.95. The molecule has 130 valence electrons. The Morgan fingerprint density at radius 1 is 1.29 bits per heavy atom.